The average molecular weight is 2530 g/mol. The van der Waals surface area contributed by atoms with E-state index < -0.39 is 5.97 Å². The van der Waals surface area contributed by atoms with Crippen molar-refractivity contribution in [3.63, 3.8) is 0 Å². The number of rotatable bonds is 18. The molecule has 0 aliphatic rings. The fourth-order valence-corrected chi connectivity index (χ4v) is 13.4. The van der Waals surface area contributed by atoms with Gasteiger partial charge in [-0.15, -0.1) is 162 Å². The molecule has 4 radical (unpaired) electrons. The Morgan fingerprint density at radius 1 is 0.299 bits per heavy atom. The molecule has 0 aliphatic carbocycles. The number of aryl methyl sites for hydroxylation is 9. The van der Waals surface area contributed by atoms with E-state index >= 15 is 0 Å². The molecule has 5 aromatic heterocycles. The Hall–Kier alpha value is -13.1. The second kappa shape index (κ2) is 55.8. The summed E-state index contributed by atoms with van der Waals surface area (Å²) in [6.45, 7) is 25.3. The predicted octanol–water partition coefficient (Wildman–Crippen LogP) is 22.8. The Bertz CT molecular complexity index is 5940. The van der Waals surface area contributed by atoms with Gasteiger partial charge in [-0.1, -0.05) is 244 Å². The van der Waals surface area contributed by atoms with Crippen molar-refractivity contribution in [3.05, 3.63) is 425 Å². The van der Waals surface area contributed by atoms with E-state index in [0.717, 1.165) is 120 Å². The van der Waals surface area contributed by atoms with Gasteiger partial charge in [0.05, 0.1) is 47.7 Å². The number of aromatic nitrogens is 13. The standard InChI is InChI=1S/C23H20N3.3C22H18N3.C7H6NO.C6H5NO2.2C5H12O2.4Ir/c1-16-4-10-19(11-5-16)22-24-25-23(20-12-6-17(2)7-13-20)26(22)21-14-8-18(3)9-15-21;3*1-16-8-12-18(13-9-16)21-23-24-22(19-14-10-17(2)11-15-19)25(21)20-6-4-3-5-7-20;8-5-6-3-1-2-4-7(6)9;8-6(9)5-3-1-2-4-7-5;2*1-4(6)3-5(2)7;;;;/h4-12,14-15H,1-3H3;3*3-14H,1-2H3;1-5,9H;1-4H,(H,8,9);2*4-7H,3H2,1-2H3;;;;/q5*-1;;;;;;;. The SMILES string of the molecule is CC(O)CC(C)O.CC(O)CC(C)O.Cc1c[c-]c(-c2nnc(-c3ccc(C)cc3)n2-c2ccc(C)cc2)cc1.Cc1c[c-]c(-c2nnc(-c3ccc(C)cc3)n2-c2ccccc2)cc1.Cc1c[c-]c(-c2nnc(-c3ccc(C)cc3)n2-c2ccccc2)cc1.Cc1c[c-]c(-c2nnc(-c3ccc(C)cc3)n2-c2ccccc2)cc1.O=C(O)c1ccccn1.[Ir].[Ir].[Ir].[Ir].[N-]=Cc1ccccc1O. The zero-order chi connectivity index (χ0) is 94.9. The average Bonchev–Trinajstić information content (AvgIpc) is 1.65. The van der Waals surface area contributed by atoms with Gasteiger partial charge >= 0.3 is 5.97 Å². The summed E-state index contributed by atoms with van der Waals surface area (Å²) in [4.78, 5) is 13.7. The van der Waals surface area contributed by atoms with Crippen LogP contribution in [0.4, 0.5) is 0 Å². The van der Waals surface area contributed by atoms with Crippen LogP contribution < -0.4 is 0 Å². The molecule has 6 N–H and O–H groups in total. The number of pyridine rings is 1. The Labute approximate surface area is 856 Å². The molecule has 4 unspecified atom stereocenters. The second-order valence-corrected chi connectivity index (χ2v) is 32.2. The van der Waals surface area contributed by atoms with Crippen molar-refractivity contribution >= 4 is 12.2 Å². The van der Waals surface area contributed by atoms with Crippen molar-refractivity contribution in [1.82, 2.24) is 64.0 Å². The summed E-state index contributed by atoms with van der Waals surface area (Å²) in [5.74, 6) is 5.60. The molecule has 137 heavy (non-hydrogen) atoms. The fourth-order valence-electron chi connectivity index (χ4n) is 13.4. The number of para-hydroxylation sites is 4. The van der Waals surface area contributed by atoms with Gasteiger partial charge in [-0.3, -0.25) is 0 Å². The van der Waals surface area contributed by atoms with E-state index in [-0.39, 0.29) is 116 Å². The molecule has 13 aromatic carbocycles. The number of carboxylic acid groups (broad SMARTS) is 1. The molecule has 21 nitrogen and oxygen atoms in total. The minimum absolute atomic E-state index is 0. The molecule has 0 aliphatic heterocycles. The van der Waals surface area contributed by atoms with Crippen LogP contribution in [0, 0.1) is 86.6 Å². The van der Waals surface area contributed by atoms with Gasteiger partial charge in [-0.2, -0.15) is 26.6 Å². The Morgan fingerprint density at radius 3 is 0.723 bits per heavy atom. The topological polar surface area (TPSA) is 296 Å². The third kappa shape index (κ3) is 32.9. The summed E-state index contributed by atoms with van der Waals surface area (Å²) >= 11 is 0. The molecule has 4 atom stereocenters. The number of aliphatic hydroxyl groups is 4. The maximum Gasteiger partial charge on any atom is 0.354 e. The number of nitrogens with zero attached hydrogens (tertiary/aromatic N) is 14. The van der Waals surface area contributed by atoms with Gasteiger partial charge in [0.25, 0.3) is 0 Å². The van der Waals surface area contributed by atoms with E-state index in [9.17, 15) is 4.79 Å². The van der Waals surface area contributed by atoms with Crippen LogP contribution >= 0.6 is 0 Å². The second-order valence-electron chi connectivity index (χ2n) is 32.2. The molecule has 18 aromatic rings. The summed E-state index contributed by atoms with van der Waals surface area (Å²) in [6.07, 6.45) is 1.76. The maximum absolute atomic E-state index is 10.1. The number of carboxylic acids is 1. The van der Waals surface area contributed by atoms with Crippen molar-refractivity contribution in [2.24, 2.45) is 0 Å². The van der Waals surface area contributed by atoms with E-state index in [0.29, 0.717) is 18.4 Å². The van der Waals surface area contributed by atoms with Gasteiger partial charge in [-0.25, -0.2) is 9.78 Å². The van der Waals surface area contributed by atoms with Crippen LogP contribution in [-0.2, 0) is 80.4 Å². The molecule has 18 rings (SSSR count). The molecule has 25 heteroatoms. The van der Waals surface area contributed by atoms with Crippen molar-refractivity contribution in [3.8, 4) is 120 Å². The van der Waals surface area contributed by atoms with Gasteiger partial charge in [-0.05, 0) is 147 Å². The first-order valence-corrected chi connectivity index (χ1v) is 43.6. The third-order valence-corrected chi connectivity index (χ3v) is 20.4. The van der Waals surface area contributed by atoms with E-state index in [1.54, 1.807) is 58.0 Å². The Kier molecular flexibility index (Phi) is 45.2. The monoisotopic (exact) mass is 2530 g/mol. The van der Waals surface area contributed by atoms with Crippen LogP contribution in [0.25, 0.3) is 119 Å². The normalized spacial score (nSPS) is 11.1. The summed E-state index contributed by atoms with van der Waals surface area (Å²) in [7, 11) is 0. The molecule has 710 valence electrons. The number of aliphatic hydroxyl groups excluding tert-OH is 4. The zero-order valence-electron chi connectivity index (χ0n) is 78.2. The number of benzene rings is 13. The van der Waals surface area contributed by atoms with E-state index in [1.807, 2.05) is 103 Å². The van der Waals surface area contributed by atoms with Gasteiger partial charge < -0.3 is 54.3 Å². The van der Waals surface area contributed by atoms with Crippen LogP contribution in [0.3, 0.4) is 0 Å². The maximum atomic E-state index is 10.1. The molecule has 0 saturated carbocycles. The van der Waals surface area contributed by atoms with Crippen LogP contribution in [0.5, 0.6) is 5.75 Å². The van der Waals surface area contributed by atoms with Gasteiger partial charge in [0.1, 0.15) is 11.4 Å². The Balaban J connectivity index is 0.000000222. The number of aromatic hydroxyl groups is 1. The number of hydrogen-bond donors (Lipinski definition) is 6. The first-order valence-electron chi connectivity index (χ1n) is 43.6. The molecule has 0 bridgehead atoms. The van der Waals surface area contributed by atoms with Crippen molar-refractivity contribution in [1.29, 1.82) is 0 Å². The summed E-state index contributed by atoms with van der Waals surface area (Å²) in [5, 5.41) is 95.8. The molecule has 0 fully saturated rings. The molecule has 0 spiro atoms. The predicted molar refractivity (Wildman–Crippen MR) is 531 cm³/mol. The van der Waals surface area contributed by atoms with Crippen molar-refractivity contribution in [2.75, 3.05) is 0 Å². The van der Waals surface area contributed by atoms with E-state index in [4.69, 9.17) is 36.0 Å². The fraction of sp³-hybridized carbons (Fsp3) is 0.170. The number of phenolic OH excluding ortho intramolecular Hbond substituents is 1. The number of aromatic carboxylic acids is 1. The first kappa shape index (κ1) is 111. The largest absolute Gasteiger partial charge is 0.810 e. The summed E-state index contributed by atoms with van der Waals surface area (Å²) in [6, 6.07) is 121. The number of carbonyl (C=O) groups is 1. The van der Waals surface area contributed by atoms with Crippen LogP contribution in [0.2, 0.25) is 0 Å². The minimum Gasteiger partial charge on any atom is -0.810 e. The van der Waals surface area contributed by atoms with Crippen LogP contribution in [-0.4, -0.2) is 131 Å². The number of hydrogen-bond acceptors (Lipinski definition) is 15. The summed E-state index contributed by atoms with van der Waals surface area (Å²) in [5.41, 5.74) is 23.4. The van der Waals surface area contributed by atoms with Crippen molar-refractivity contribution in [2.45, 2.75) is 127 Å². The summed E-state index contributed by atoms with van der Waals surface area (Å²) < 4.78 is 8.37. The van der Waals surface area contributed by atoms with Crippen LogP contribution in [0.1, 0.15) is 107 Å². The Morgan fingerprint density at radius 2 is 0.526 bits per heavy atom. The van der Waals surface area contributed by atoms with Gasteiger partial charge in [0.2, 0.25) is 0 Å². The smallest absolute Gasteiger partial charge is 0.354 e. The van der Waals surface area contributed by atoms with Crippen molar-refractivity contribution < 1.29 is 116 Å². The van der Waals surface area contributed by atoms with E-state index in [1.165, 1.54) is 68.4 Å². The van der Waals surface area contributed by atoms with E-state index in [2.05, 4.69) is 333 Å². The zero-order valence-corrected chi connectivity index (χ0v) is 87.8. The minimum atomic E-state index is -0.990. The quantitative estimate of drug-likeness (QED) is 0.0344. The molecule has 0 amide bonds. The molecular formula is C112H109Ir4N14O7-5. The van der Waals surface area contributed by atoms with Gasteiger partial charge in [0.15, 0.2) is 23.3 Å². The molecular weight excluding hydrogens is 2420 g/mol. The molecule has 0 saturated heterocycles. The van der Waals surface area contributed by atoms with Gasteiger partial charge in [0, 0.05) is 132 Å². The molecule has 5 heterocycles. The number of phenols is 1. The van der Waals surface area contributed by atoms with Crippen LogP contribution in [0.15, 0.2) is 334 Å². The third-order valence-electron chi connectivity index (χ3n) is 20.4. The first-order chi connectivity index (χ1) is 64.2.